The van der Waals surface area contributed by atoms with Gasteiger partial charge >= 0.3 is 0 Å². The second kappa shape index (κ2) is 5.31. The summed E-state index contributed by atoms with van der Waals surface area (Å²) in [4.78, 5) is 15.8. The summed E-state index contributed by atoms with van der Waals surface area (Å²) in [6, 6.07) is 6.07. The highest BCUT2D eigenvalue weighted by molar-refractivity contribution is 5.56. The summed E-state index contributed by atoms with van der Waals surface area (Å²) in [6.45, 7) is 4.69. The average Bonchev–Trinajstić information content (AvgIpc) is 3.26. The minimum Gasteiger partial charge on any atom is -0.383 e. The highest BCUT2D eigenvalue weighted by Crippen LogP contribution is 2.39. The van der Waals surface area contributed by atoms with Crippen LogP contribution in [0.25, 0.3) is 0 Å². The smallest absolute Gasteiger partial charge is 0.137 e. The van der Waals surface area contributed by atoms with Crippen molar-refractivity contribution in [2.24, 2.45) is 0 Å². The van der Waals surface area contributed by atoms with E-state index in [4.69, 9.17) is 10.7 Å². The molecule has 1 fully saturated rings. The molecule has 0 atom stereocenters. The monoisotopic (exact) mass is 283 g/mol. The normalized spacial score (nSPS) is 14.2. The number of nitrogens with zero attached hydrogens (tertiary/aromatic N) is 4. The van der Waals surface area contributed by atoms with Crippen molar-refractivity contribution in [2.75, 3.05) is 17.7 Å². The van der Waals surface area contributed by atoms with Crippen molar-refractivity contribution in [3.8, 4) is 0 Å². The summed E-state index contributed by atoms with van der Waals surface area (Å²) in [6.07, 6.45) is 2.34. The Bertz CT molecular complexity index is 664. The van der Waals surface area contributed by atoms with Gasteiger partial charge in [-0.2, -0.15) is 0 Å². The molecule has 110 valence electrons. The molecule has 0 aliphatic heterocycles. The van der Waals surface area contributed by atoms with Gasteiger partial charge in [-0.05, 0) is 38.8 Å². The molecule has 0 unspecified atom stereocenters. The number of aromatic nitrogens is 3. The molecule has 2 heterocycles. The van der Waals surface area contributed by atoms with Gasteiger partial charge in [0.15, 0.2) is 0 Å². The molecule has 0 bridgehead atoms. The van der Waals surface area contributed by atoms with Crippen LogP contribution in [0, 0.1) is 13.8 Å². The van der Waals surface area contributed by atoms with Crippen LogP contribution in [-0.4, -0.2) is 22.0 Å². The van der Waals surface area contributed by atoms with Crippen LogP contribution in [-0.2, 0) is 6.54 Å². The molecule has 0 amide bonds. The summed E-state index contributed by atoms with van der Waals surface area (Å²) >= 11 is 0. The largest absolute Gasteiger partial charge is 0.383 e. The Morgan fingerprint density at radius 2 is 1.95 bits per heavy atom. The van der Waals surface area contributed by atoms with Crippen molar-refractivity contribution in [3.05, 3.63) is 41.0 Å². The third-order valence-electron chi connectivity index (χ3n) is 3.82. The Hall–Kier alpha value is -2.17. The lowest BCUT2D eigenvalue weighted by atomic mass is 10.2. The minimum absolute atomic E-state index is 0.497. The Morgan fingerprint density at radius 3 is 2.62 bits per heavy atom. The lowest BCUT2D eigenvalue weighted by Gasteiger charge is -2.21. The maximum atomic E-state index is 6.05. The van der Waals surface area contributed by atoms with E-state index in [9.17, 15) is 0 Å². The van der Waals surface area contributed by atoms with Gasteiger partial charge in [-0.15, -0.1) is 0 Å². The Balaban J connectivity index is 1.88. The molecule has 0 aromatic carbocycles. The topological polar surface area (TPSA) is 67.9 Å². The van der Waals surface area contributed by atoms with Crippen LogP contribution in [0.1, 0.15) is 41.5 Å². The molecular formula is C16H21N5. The number of hydrogen-bond donors (Lipinski definition) is 1. The summed E-state index contributed by atoms with van der Waals surface area (Å²) in [5.74, 6) is 2.88. The lowest BCUT2D eigenvalue weighted by Crippen LogP contribution is -2.21. The fraction of sp³-hybridized carbons (Fsp3) is 0.438. The molecule has 2 N–H and O–H groups in total. The average molecular weight is 283 g/mol. The van der Waals surface area contributed by atoms with E-state index in [0.717, 1.165) is 28.6 Å². The highest BCUT2D eigenvalue weighted by Gasteiger charge is 2.28. The van der Waals surface area contributed by atoms with Crippen LogP contribution in [0.15, 0.2) is 18.2 Å². The van der Waals surface area contributed by atoms with Crippen LogP contribution in [0.4, 0.5) is 11.6 Å². The van der Waals surface area contributed by atoms with E-state index in [1.54, 1.807) is 0 Å². The standard InChI is InChI=1S/C16H21N5/c1-10-5-4-6-13(18-10)9-21(3)16-11(2)14(17)19-15(20-16)12-7-8-12/h4-6,12H,7-9H2,1-3H3,(H2,17,19,20). The van der Waals surface area contributed by atoms with Gasteiger partial charge in [-0.1, -0.05) is 6.07 Å². The Morgan fingerprint density at radius 1 is 1.19 bits per heavy atom. The van der Waals surface area contributed by atoms with Crippen molar-refractivity contribution in [3.63, 3.8) is 0 Å². The Kier molecular flexibility index (Phi) is 3.49. The van der Waals surface area contributed by atoms with Crippen LogP contribution in [0.3, 0.4) is 0 Å². The summed E-state index contributed by atoms with van der Waals surface area (Å²) in [5, 5.41) is 0. The molecule has 5 heteroatoms. The Labute approximate surface area is 125 Å². The quantitative estimate of drug-likeness (QED) is 0.934. The molecule has 2 aromatic rings. The second-order valence-electron chi connectivity index (χ2n) is 5.82. The van der Waals surface area contributed by atoms with Crippen molar-refractivity contribution < 1.29 is 0 Å². The zero-order valence-electron chi connectivity index (χ0n) is 12.8. The van der Waals surface area contributed by atoms with Gasteiger partial charge < -0.3 is 10.6 Å². The number of hydrogen-bond acceptors (Lipinski definition) is 5. The maximum Gasteiger partial charge on any atom is 0.137 e. The number of nitrogens with two attached hydrogens (primary N) is 1. The van der Waals surface area contributed by atoms with E-state index in [0.29, 0.717) is 18.3 Å². The predicted octanol–water partition coefficient (Wildman–Crippen LogP) is 2.58. The van der Waals surface area contributed by atoms with Crippen LogP contribution in [0.2, 0.25) is 0 Å². The fourth-order valence-electron chi connectivity index (χ4n) is 2.44. The molecule has 5 nitrogen and oxygen atoms in total. The fourth-order valence-corrected chi connectivity index (χ4v) is 2.44. The zero-order valence-corrected chi connectivity index (χ0v) is 12.8. The summed E-state index contributed by atoms with van der Waals surface area (Å²) in [7, 11) is 2.02. The molecule has 21 heavy (non-hydrogen) atoms. The van der Waals surface area contributed by atoms with Gasteiger partial charge in [0.2, 0.25) is 0 Å². The van der Waals surface area contributed by atoms with Gasteiger partial charge in [0.1, 0.15) is 17.5 Å². The number of rotatable bonds is 4. The lowest BCUT2D eigenvalue weighted by molar-refractivity contribution is 0.827. The van der Waals surface area contributed by atoms with Gasteiger partial charge in [0.05, 0.1) is 12.2 Å². The van der Waals surface area contributed by atoms with Crippen LogP contribution < -0.4 is 10.6 Å². The van der Waals surface area contributed by atoms with E-state index in [2.05, 4.69) is 14.9 Å². The maximum absolute atomic E-state index is 6.05. The predicted molar refractivity (Wildman–Crippen MR) is 84.2 cm³/mol. The molecule has 1 aliphatic carbocycles. The molecule has 0 spiro atoms. The third kappa shape index (κ3) is 2.96. The molecule has 1 aliphatic rings. The first-order chi connectivity index (χ1) is 10.0. The van der Waals surface area contributed by atoms with Gasteiger partial charge in [0.25, 0.3) is 0 Å². The second-order valence-corrected chi connectivity index (χ2v) is 5.82. The first kappa shape index (κ1) is 13.8. The van der Waals surface area contributed by atoms with Crippen molar-refractivity contribution in [2.45, 2.75) is 39.2 Å². The molecular weight excluding hydrogens is 262 g/mol. The number of anilines is 2. The summed E-state index contributed by atoms with van der Waals surface area (Å²) in [5.41, 5.74) is 9.04. The van der Waals surface area contributed by atoms with Crippen molar-refractivity contribution in [1.82, 2.24) is 15.0 Å². The molecule has 2 aromatic heterocycles. The summed E-state index contributed by atoms with van der Waals surface area (Å²) < 4.78 is 0. The number of pyridine rings is 1. The zero-order chi connectivity index (χ0) is 15.0. The van der Waals surface area contributed by atoms with E-state index in [1.807, 2.05) is 39.1 Å². The molecule has 0 saturated heterocycles. The number of nitrogen functional groups attached to an aromatic ring is 1. The first-order valence-corrected chi connectivity index (χ1v) is 7.32. The first-order valence-electron chi connectivity index (χ1n) is 7.32. The highest BCUT2D eigenvalue weighted by atomic mass is 15.2. The van der Waals surface area contributed by atoms with Gasteiger partial charge in [-0.25, -0.2) is 9.97 Å². The van der Waals surface area contributed by atoms with Crippen LogP contribution in [0.5, 0.6) is 0 Å². The van der Waals surface area contributed by atoms with Gasteiger partial charge in [-0.3, -0.25) is 4.98 Å². The van der Waals surface area contributed by atoms with E-state index < -0.39 is 0 Å². The van der Waals surface area contributed by atoms with Crippen molar-refractivity contribution in [1.29, 1.82) is 0 Å². The van der Waals surface area contributed by atoms with Crippen molar-refractivity contribution >= 4 is 11.6 Å². The molecule has 0 radical (unpaired) electrons. The van der Waals surface area contributed by atoms with Crippen LogP contribution >= 0.6 is 0 Å². The van der Waals surface area contributed by atoms with Gasteiger partial charge in [0, 0.05) is 24.2 Å². The minimum atomic E-state index is 0.497. The SMILES string of the molecule is Cc1cccc(CN(C)c2nc(C3CC3)nc(N)c2C)n1. The number of aryl methyl sites for hydroxylation is 1. The third-order valence-corrected chi connectivity index (χ3v) is 3.82. The van der Waals surface area contributed by atoms with E-state index >= 15 is 0 Å². The molecule has 3 rings (SSSR count). The van der Waals surface area contributed by atoms with E-state index in [1.165, 1.54) is 12.8 Å². The van der Waals surface area contributed by atoms with E-state index in [-0.39, 0.29) is 0 Å². The molecule has 1 saturated carbocycles.